The number of nitrogens with one attached hydrogen (secondary N) is 1. The topological polar surface area (TPSA) is 50.2 Å². The number of para-hydroxylation sites is 1. The molecular weight excluding hydrogens is 360 g/mol. The van der Waals surface area contributed by atoms with Crippen molar-refractivity contribution < 1.29 is 4.79 Å². The first-order chi connectivity index (χ1) is 14.1. The molecule has 1 aromatic heterocycles. The first-order valence-corrected chi connectivity index (χ1v) is 10.3. The van der Waals surface area contributed by atoms with Crippen LogP contribution in [-0.2, 0) is 6.54 Å². The van der Waals surface area contributed by atoms with E-state index in [0.717, 1.165) is 29.5 Å². The van der Waals surface area contributed by atoms with Gasteiger partial charge in [0.1, 0.15) is 0 Å². The summed E-state index contributed by atoms with van der Waals surface area (Å²) in [4.78, 5) is 15.2. The zero-order valence-electron chi connectivity index (χ0n) is 17.1. The summed E-state index contributed by atoms with van der Waals surface area (Å²) in [5, 5.41) is 7.44. The average Bonchev–Trinajstić information content (AvgIpc) is 3.12. The van der Waals surface area contributed by atoms with Gasteiger partial charge in [0.15, 0.2) is 5.69 Å². The van der Waals surface area contributed by atoms with E-state index in [0.29, 0.717) is 5.69 Å². The molecule has 29 heavy (non-hydrogen) atoms. The minimum Gasteiger partial charge on any atom is -0.321 e. The van der Waals surface area contributed by atoms with E-state index in [4.69, 9.17) is 0 Å². The van der Waals surface area contributed by atoms with Crippen molar-refractivity contribution in [2.45, 2.75) is 33.2 Å². The lowest BCUT2D eigenvalue weighted by Crippen LogP contribution is -2.33. The molecule has 1 atom stereocenters. The lowest BCUT2D eigenvalue weighted by atomic mass is 10.00. The Bertz CT molecular complexity index is 962. The van der Waals surface area contributed by atoms with Gasteiger partial charge in [-0.3, -0.25) is 9.69 Å². The van der Waals surface area contributed by atoms with Crippen molar-refractivity contribution in [3.63, 3.8) is 0 Å². The van der Waals surface area contributed by atoms with Crippen LogP contribution in [0.25, 0.3) is 5.69 Å². The first kappa shape index (κ1) is 19.4. The smallest absolute Gasteiger partial charge is 0.276 e. The largest absolute Gasteiger partial charge is 0.321 e. The van der Waals surface area contributed by atoms with Crippen LogP contribution in [0.15, 0.2) is 60.7 Å². The Hall–Kier alpha value is -2.92. The van der Waals surface area contributed by atoms with E-state index in [2.05, 4.69) is 34.4 Å². The highest BCUT2D eigenvalue weighted by molar-refractivity contribution is 6.02. The van der Waals surface area contributed by atoms with Crippen molar-refractivity contribution in [2.24, 2.45) is 5.92 Å². The fourth-order valence-electron chi connectivity index (χ4n) is 3.99. The number of anilines is 1. The molecule has 1 saturated heterocycles. The van der Waals surface area contributed by atoms with E-state index in [1.54, 1.807) is 4.68 Å². The number of carbonyl (C=O) groups excluding carboxylic acids is 1. The van der Waals surface area contributed by atoms with Gasteiger partial charge in [-0.2, -0.15) is 5.10 Å². The molecule has 5 heteroatoms. The second kappa shape index (κ2) is 8.62. The van der Waals surface area contributed by atoms with E-state index in [-0.39, 0.29) is 5.91 Å². The first-order valence-electron chi connectivity index (χ1n) is 10.3. The molecule has 0 aliphatic carbocycles. The summed E-state index contributed by atoms with van der Waals surface area (Å²) in [5.41, 5.74) is 4.35. The van der Waals surface area contributed by atoms with Gasteiger partial charge >= 0.3 is 0 Å². The van der Waals surface area contributed by atoms with Crippen LogP contribution >= 0.6 is 0 Å². The van der Waals surface area contributed by atoms with Crippen molar-refractivity contribution in [1.82, 2.24) is 14.7 Å². The molecule has 0 bridgehead atoms. The van der Waals surface area contributed by atoms with Gasteiger partial charge in [-0.25, -0.2) is 4.68 Å². The Balaban J connectivity index is 1.40. The van der Waals surface area contributed by atoms with Crippen LogP contribution in [0.1, 0.15) is 41.5 Å². The molecule has 5 nitrogen and oxygen atoms in total. The minimum atomic E-state index is -0.194. The molecule has 4 rings (SSSR count). The quantitative estimate of drug-likeness (QED) is 0.691. The number of likely N-dealkylation sites (tertiary alicyclic amines) is 1. The van der Waals surface area contributed by atoms with Crippen LogP contribution in [0.3, 0.4) is 0 Å². The van der Waals surface area contributed by atoms with Crippen molar-refractivity contribution in [3.05, 3.63) is 77.6 Å². The third-order valence-corrected chi connectivity index (χ3v) is 5.48. The second-order valence-corrected chi connectivity index (χ2v) is 8.05. The summed E-state index contributed by atoms with van der Waals surface area (Å²) in [7, 11) is 0. The van der Waals surface area contributed by atoms with Crippen LogP contribution in [-0.4, -0.2) is 33.7 Å². The Labute approximate surface area is 172 Å². The maximum atomic E-state index is 12.7. The van der Waals surface area contributed by atoms with E-state index < -0.39 is 0 Å². The zero-order valence-corrected chi connectivity index (χ0v) is 17.1. The fraction of sp³-hybridized carbons (Fsp3) is 0.333. The molecule has 1 fully saturated rings. The van der Waals surface area contributed by atoms with Gasteiger partial charge in [-0.15, -0.1) is 0 Å². The lowest BCUT2D eigenvalue weighted by Gasteiger charge is -2.30. The van der Waals surface area contributed by atoms with Gasteiger partial charge in [0.25, 0.3) is 5.91 Å². The van der Waals surface area contributed by atoms with E-state index >= 15 is 0 Å². The Kier molecular flexibility index (Phi) is 5.76. The summed E-state index contributed by atoms with van der Waals surface area (Å²) >= 11 is 0. The number of hydrogen-bond acceptors (Lipinski definition) is 3. The molecule has 3 aromatic rings. The highest BCUT2D eigenvalue weighted by Gasteiger charge is 2.17. The molecule has 1 unspecified atom stereocenters. The predicted octanol–water partition coefficient (Wildman–Crippen LogP) is 4.66. The summed E-state index contributed by atoms with van der Waals surface area (Å²) in [5.74, 6) is 0.585. The summed E-state index contributed by atoms with van der Waals surface area (Å²) in [6.07, 6.45) is 2.62. The lowest BCUT2D eigenvalue weighted by molar-refractivity contribution is 0.102. The maximum absolute atomic E-state index is 12.7. The number of rotatable bonds is 5. The standard InChI is InChI=1S/C24H28N4O/c1-18-7-6-14-27(16-18)17-20-10-12-21(13-11-20)25-24(29)23-15-19(2)28(26-23)22-8-4-3-5-9-22/h3-5,8-13,15,18H,6-7,14,16-17H2,1-2H3,(H,25,29). The summed E-state index contributed by atoms with van der Waals surface area (Å²) in [6.45, 7) is 7.59. The molecule has 2 aromatic carbocycles. The van der Waals surface area contributed by atoms with Gasteiger partial charge in [-0.05, 0) is 68.1 Å². The number of piperidine rings is 1. The minimum absolute atomic E-state index is 0.194. The second-order valence-electron chi connectivity index (χ2n) is 8.05. The SMILES string of the molecule is Cc1cc(C(=O)Nc2ccc(CN3CCCC(C)C3)cc2)nn1-c1ccccc1. The molecule has 1 aliphatic heterocycles. The number of hydrogen-bond donors (Lipinski definition) is 1. The number of benzene rings is 2. The Morgan fingerprint density at radius 2 is 1.90 bits per heavy atom. The van der Waals surface area contributed by atoms with Crippen LogP contribution < -0.4 is 5.32 Å². The third kappa shape index (κ3) is 4.74. The third-order valence-electron chi connectivity index (χ3n) is 5.48. The van der Waals surface area contributed by atoms with Crippen LogP contribution in [0.4, 0.5) is 5.69 Å². The Morgan fingerprint density at radius 3 is 2.62 bits per heavy atom. The summed E-state index contributed by atoms with van der Waals surface area (Å²) < 4.78 is 1.79. The van der Waals surface area contributed by atoms with E-state index in [1.807, 2.05) is 55.5 Å². The predicted molar refractivity (Wildman–Crippen MR) is 116 cm³/mol. The summed E-state index contributed by atoms with van der Waals surface area (Å²) in [6, 6.07) is 19.8. The number of nitrogens with zero attached hydrogens (tertiary/aromatic N) is 3. The average molecular weight is 389 g/mol. The van der Waals surface area contributed by atoms with E-state index in [1.165, 1.54) is 31.5 Å². The van der Waals surface area contributed by atoms with Crippen molar-refractivity contribution in [1.29, 1.82) is 0 Å². The normalized spacial score (nSPS) is 17.2. The van der Waals surface area contributed by atoms with Crippen molar-refractivity contribution >= 4 is 11.6 Å². The maximum Gasteiger partial charge on any atom is 0.276 e. The molecule has 0 saturated carbocycles. The van der Waals surface area contributed by atoms with Crippen LogP contribution in [0, 0.1) is 12.8 Å². The highest BCUT2D eigenvalue weighted by Crippen LogP contribution is 2.19. The molecular formula is C24H28N4O. The Morgan fingerprint density at radius 1 is 1.14 bits per heavy atom. The number of aromatic nitrogens is 2. The number of carbonyl (C=O) groups is 1. The molecule has 1 amide bonds. The molecule has 1 aliphatic rings. The molecule has 0 radical (unpaired) electrons. The van der Waals surface area contributed by atoms with Gasteiger partial charge in [-0.1, -0.05) is 37.3 Å². The van der Waals surface area contributed by atoms with Crippen LogP contribution in [0.5, 0.6) is 0 Å². The zero-order chi connectivity index (χ0) is 20.2. The van der Waals surface area contributed by atoms with Crippen molar-refractivity contribution in [2.75, 3.05) is 18.4 Å². The van der Waals surface area contributed by atoms with Gasteiger partial charge in [0.05, 0.1) is 5.69 Å². The monoisotopic (exact) mass is 388 g/mol. The fourth-order valence-corrected chi connectivity index (χ4v) is 3.99. The van der Waals surface area contributed by atoms with Gasteiger partial charge < -0.3 is 5.32 Å². The number of aryl methyl sites for hydroxylation is 1. The molecule has 150 valence electrons. The molecule has 1 N–H and O–H groups in total. The molecule has 0 spiro atoms. The van der Waals surface area contributed by atoms with Gasteiger partial charge in [0.2, 0.25) is 0 Å². The highest BCUT2D eigenvalue weighted by atomic mass is 16.1. The number of amides is 1. The van der Waals surface area contributed by atoms with Gasteiger partial charge in [0, 0.05) is 24.5 Å². The van der Waals surface area contributed by atoms with E-state index in [9.17, 15) is 4.79 Å². The molecule has 2 heterocycles. The van der Waals surface area contributed by atoms with Crippen LogP contribution in [0.2, 0.25) is 0 Å². The van der Waals surface area contributed by atoms with Crippen molar-refractivity contribution in [3.8, 4) is 5.69 Å².